The highest BCUT2D eigenvalue weighted by Crippen LogP contribution is 2.35. The van der Waals surface area contributed by atoms with Crippen LogP contribution in [-0.4, -0.2) is 94.6 Å². The molecular formula is C28H27ClN7O6S2-. The minimum Gasteiger partial charge on any atom is -0.756 e. The van der Waals surface area contributed by atoms with Gasteiger partial charge in [-0.1, -0.05) is 17.7 Å². The van der Waals surface area contributed by atoms with Gasteiger partial charge in [0.15, 0.2) is 5.82 Å². The highest BCUT2D eigenvalue weighted by molar-refractivity contribution is 7.91. The molecule has 5 rings (SSSR count). The Balaban J connectivity index is 1.52. The van der Waals surface area contributed by atoms with Crippen LogP contribution in [0, 0.1) is 5.21 Å². The Bertz CT molecular complexity index is 1800. The van der Waals surface area contributed by atoms with Gasteiger partial charge in [0.1, 0.15) is 4.21 Å². The fourth-order valence-electron chi connectivity index (χ4n) is 4.99. The summed E-state index contributed by atoms with van der Waals surface area (Å²) in [5.41, 5.74) is 0.746. The predicted octanol–water partition coefficient (Wildman–Crippen LogP) is 2.77. The maximum Gasteiger partial charge on any atom is 0.257 e. The van der Waals surface area contributed by atoms with E-state index in [1.54, 1.807) is 42.7 Å². The number of benzene rings is 1. The van der Waals surface area contributed by atoms with Gasteiger partial charge in [0.25, 0.3) is 15.9 Å². The van der Waals surface area contributed by atoms with Crippen LogP contribution in [0.5, 0.6) is 0 Å². The number of aromatic nitrogens is 3. The summed E-state index contributed by atoms with van der Waals surface area (Å²) >= 11 is 7.14. The smallest absolute Gasteiger partial charge is 0.257 e. The minimum absolute atomic E-state index is 0.0411. The van der Waals surface area contributed by atoms with Gasteiger partial charge in [-0.15, -0.1) is 11.3 Å². The second-order valence-electron chi connectivity index (χ2n) is 10.1. The summed E-state index contributed by atoms with van der Waals surface area (Å²) in [5.74, 6) is -1.56. The molecule has 3 aromatic heterocycles. The predicted molar refractivity (Wildman–Crippen MR) is 164 cm³/mol. The van der Waals surface area contributed by atoms with Crippen molar-refractivity contribution in [1.82, 2.24) is 34.5 Å². The molecule has 0 radical (unpaired) electrons. The maximum absolute atomic E-state index is 14.0. The fourth-order valence-corrected chi connectivity index (χ4v) is 8.34. The molecule has 2 atom stereocenters. The number of carbonyl (C=O) groups excluding carboxylic acids is 3. The lowest BCUT2D eigenvalue weighted by molar-refractivity contribution is -0.129. The second-order valence-corrected chi connectivity index (χ2v) is 13.8. The lowest BCUT2D eigenvalue weighted by Gasteiger charge is -2.46. The molecule has 4 aromatic rings. The number of nitrogens with one attached hydrogen (secondary N) is 1. The first-order valence-electron chi connectivity index (χ1n) is 13.4. The van der Waals surface area contributed by atoms with Gasteiger partial charge in [0.05, 0.1) is 17.6 Å². The third kappa shape index (κ3) is 6.56. The number of amides is 3. The largest absolute Gasteiger partial charge is 0.756 e. The number of fused-ring (bicyclic) bond motifs is 1. The average Bonchev–Trinajstić information content (AvgIpc) is 3.45. The summed E-state index contributed by atoms with van der Waals surface area (Å²) in [6, 6.07) is 7.93. The fraction of sp³-hybridized carbons (Fsp3) is 0.286. The Morgan fingerprint density at radius 3 is 2.36 bits per heavy atom. The number of hydrogen-bond acceptors (Lipinski definition) is 10. The zero-order chi connectivity index (χ0) is 31.6. The van der Waals surface area contributed by atoms with Crippen LogP contribution in [0.2, 0.25) is 5.02 Å². The molecule has 230 valence electrons. The molecule has 2 unspecified atom stereocenters. The molecule has 0 spiro atoms. The highest BCUT2D eigenvalue weighted by Gasteiger charge is 2.44. The van der Waals surface area contributed by atoms with Crippen LogP contribution in [0.4, 0.5) is 0 Å². The molecule has 0 bridgehead atoms. The van der Waals surface area contributed by atoms with Crippen LogP contribution in [0.1, 0.15) is 23.2 Å². The van der Waals surface area contributed by atoms with Gasteiger partial charge in [-0.25, -0.2) is 18.4 Å². The Kier molecular flexibility index (Phi) is 9.22. The van der Waals surface area contributed by atoms with Crippen LogP contribution in [0.15, 0.2) is 65.4 Å². The van der Waals surface area contributed by atoms with Crippen LogP contribution in [0.3, 0.4) is 0 Å². The summed E-state index contributed by atoms with van der Waals surface area (Å²) in [5, 5.41) is 15.7. The number of pyridine rings is 1. The number of halogens is 1. The number of sulfonamides is 1. The van der Waals surface area contributed by atoms with Gasteiger partial charge in [-0.05, 0) is 42.8 Å². The van der Waals surface area contributed by atoms with Gasteiger partial charge in [-0.3, -0.25) is 19.4 Å². The number of nitrogens with zero attached hydrogens (tertiary/aromatic N) is 6. The molecule has 1 saturated heterocycles. The van der Waals surface area contributed by atoms with E-state index in [0.29, 0.717) is 26.5 Å². The molecule has 1 aromatic carbocycles. The first-order chi connectivity index (χ1) is 21.0. The Morgan fingerprint density at radius 1 is 1.07 bits per heavy atom. The molecule has 4 heterocycles. The summed E-state index contributed by atoms with van der Waals surface area (Å²) in [6.45, 7) is -0.521. The summed E-state index contributed by atoms with van der Waals surface area (Å²) in [4.78, 5) is 53.1. The van der Waals surface area contributed by atoms with E-state index in [0.717, 1.165) is 22.7 Å². The normalized spacial score (nSPS) is 17.4. The Morgan fingerprint density at radius 2 is 1.73 bits per heavy atom. The second kappa shape index (κ2) is 12.9. The Hall–Kier alpha value is -4.02. The van der Waals surface area contributed by atoms with Crippen LogP contribution in [-0.2, 0) is 19.6 Å². The molecule has 13 nitrogen and oxygen atoms in total. The van der Waals surface area contributed by atoms with Crippen LogP contribution < -0.4 is 5.32 Å². The van der Waals surface area contributed by atoms with Gasteiger partial charge in [-0.2, -0.15) is 4.31 Å². The third-order valence-electron chi connectivity index (χ3n) is 7.20. The van der Waals surface area contributed by atoms with E-state index in [2.05, 4.69) is 20.3 Å². The van der Waals surface area contributed by atoms with E-state index in [1.165, 1.54) is 30.4 Å². The molecule has 0 aliphatic carbocycles. The molecule has 1 aliphatic heterocycles. The maximum atomic E-state index is 14.0. The van der Waals surface area contributed by atoms with Gasteiger partial charge in [0, 0.05) is 73.1 Å². The molecule has 0 saturated carbocycles. The quantitative estimate of drug-likeness (QED) is 0.280. The van der Waals surface area contributed by atoms with Crippen LogP contribution in [0.25, 0.3) is 21.5 Å². The lowest BCUT2D eigenvalue weighted by atomic mass is 10.00. The number of hydrogen-bond donors (Lipinski definition) is 1. The van der Waals surface area contributed by atoms with Gasteiger partial charge < -0.3 is 20.5 Å². The minimum atomic E-state index is -4.14. The van der Waals surface area contributed by atoms with Crippen molar-refractivity contribution in [3.05, 3.63) is 77.0 Å². The first kappa shape index (κ1) is 31.4. The molecule has 1 aliphatic rings. The van der Waals surface area contributed by atoms with Crippen molar-refractivity contribution in [1.29, 1.82) is 0 Å². The van der Waals surface area contributed by atoms with Crippen molar-refractivity contribution in [2.45, 2.75) is 29.1 Å². The number of piperazine rings is 1. The molecule has 3 amide bonds. The van der Waals surface area contributed by atoms with E-state index in [4.69, 9.17) is 11.6 Å². The summed E-state index contributed by atoms with van der Waals surface area (Å²) in [7, 11) is -1.69. The van der Waals surface area contributed by atoms with E-state index in [9.17, 15) is 28.0 Å². The van der Waals surface area contributed by atoms with Crippen molar-refractivity contribution in [3.63, 3.8) is 0 Å². The van der Waals surface area contributed by atoms with Crippen molar-refractivity contribution in [3.8, 4) is 11.4 Å². The topological polar surface area (TPSA) is 169 Å². The highest BCUT2D eigenvalue weighted by atomic mass is 35.5. The molecule has 1 fully saturated rings. The number of hydroxylamine groups is 2. The summed E-state index contributed by atoms with van der Waals surface area (Å²) in [6.07, 6.45) is 5.08. The number of rotatable bonds is 8. The van der Waals surface area contributed by atoms with E-state index >= 15 is 0 Å². The molecule has 1 N–H and O–H groups in total. The molecule has 44 heavy (non-hydrogen) atoms. The summed E-state index contributed by atoms with van der Waals surface area (Å²) < 4.78 is 29.8. The lowest BCUT2D eigenvalue weighted by Crippen LogP contribution is -2.63. The SMILES string of the molecule is CNC(=O)CC1CN(S(=O)(=O)c2cc3ccc(Cl)cc3s2)CC(CC(=O)N(C)[O-])N1C(=O)c1cnc(-c2ccncc2)nc1. The third-order valence-corrected chi connectivity index (χ3v) is 10.8. The van der Waals surface area contributed by atoms with E-state index in [-0.39, 0.29) is 34.3 Å². The monoisotopic (exact) mass is 656 g/mol. The number of thiophene rings is 1. The standard InChI is InChI=1S/C28H27ClN7O6S2/c1-30-24(37)11-21-15-35(44(41,42)26-9-18-3-4-20(29)10-23(18)43-26)16-22(12-25(38)34(2)40)36(21)28(39)19-13-32-27(33-14-19)17-5-7-31-8-6-17/h3-10,13-14,21-22H,11-12,15-16H2,1-2H3,(H,30,37)/q-1. The van der Waals surface area contributed by atoms with Crippen molar-refractivity contribution < 1.29 is 22.8 Å². The number of carbonyl (C=O) groups is 3. The van der Waals surface area contributed by atoms with E-state index < -0.39 is 46.2 Å². The van der Waals surface area contributed by atoms with Crippen molar-refractivity contribution in [2.75, 3.05) is 27.2 Å². The van der Waals surface area contributed by atoms with E-state index in [1.807, 2.05) is 0 Å². The van der Waals surface area contributed by atoms with Crippen LogP contribution >= 0.6 is 22.9 Å². The van der Waals surface area contributed by atoms with Crippen molar-refractivity contribution in [2.24, 2.45) is 0 Å². The zero-order valence-corrected chi connectivity index (χ0v) is 26.0. The molecule has 16 heteroatoms. The zero-order valence-electron chi connectivity index (χ0n) is 23.6. The van der Waals surface area contributed by atoms with Gasteiger partial charge >= 0.3 is 0 Å². The Labute approximate surface area is 262 Å². The van der Waals surface area contributed by atoms with Crippen molar-refractivity contribution >= 4 is 60.8 Å². The van der Waals surface area contributed by atoms with Gasteiger partial charge in [0.2, 0.25) is 11.8 Å². The molecular weight excluding hydrogens is 630 g/mol. The first-order valence-corrected chi connectivity index (χ1v) is 16.0. The average molecular weight is 657 g/mol.